The molecule has 9 heteroatoms. The van der Waals surface area contributed by atoms with Crippen molar-refractivity contribution in [3.8, 4) is 0 Å². The number of ether oxygens (including phenoxy) is 1. The van der Waals surface area contributed by atoms with Crippen LogP contribution in [0.3, 0.4) is 0 Å². The molecule has 0 aliphatic carbocycles. The molecule has 0 saturated carbocycles. The van der Waals surface area contributed by atoms with Crippen molar-refractivity contribution in [3.05, 3.63) is 24.3 Å². The lowest BCUT2D eigenvalue weighted by atomic mass is 10.0. The minimum absolute atomic E-state index is 0.0418. The number of rotatable bonds is 36. The average molecular weight is 707 g/mol. The first-order chi connectivity index (χ1) is 24.3. The van der Waals surface area contributed by atoms with Crippen LogP contribution in [0.1, 0.15) is 187 Å². The summed E-state index contributed by atoms with van der Waals surface area (Å²) in [6.45, 7) is 3.41. The molecule has 9 nitrogen and oxygen atoms in total. The Labute approximate surface area is 304 Å². The van der Waals surface area contributed by atoms with Gasteiger partial charge in [-0.05, 0) is 70.6 Å². The van der Waals surface area contributed by atoms with Crippen LogP contribution in [0, 0.1) is 0 Å². The molecule has 2 unspecified atom stereocenters. The fourth-order valence-electron chi connectivity index (χ4n) is 5.80. The van der Waals surface area contributed by atoms with Crippen molar-refractivity contribution < 1.29 is 34.1 Å². The molecule has 0 aromatic heterocycles. The second kappa shape index (κ2) is 36.1. The van der Waals surface area contributed by atoms with E-state index in [1.165, 1.54) is 96.3 Å². The topological polar surface area (TPSA) is 142 Å². The summed E-state index contributed by atoms with van der Waals surface area (Å²) in [6, 6.07) is -1.38. The summed E-state index contributed by atoms with van der Waals surface area (Å²) in [6.07, 6.45) is 37.8. The first kappa shape index (κ1) is 47.3. The molecule has 0 saturated heterocycles. The third-order valence-electron chi connectivity index (χ3n) is 8.95. The van der Waals surface area contributed by atoms with Crippen molar-refractivity contribution in [3.63, 3.8) is 0 Å². The number of aliphatic carboxylic acids is 1. The molecule has 0 heterocycles. The zero-order valence-electron chi connectivity index (χ0n) is 31.9. The Morgan fingerprint density at radius 3 is 1.64 bits per heavy atom. The normalized spacial score (nSPS) is 12.7. The summed E-state index contributed by atoms with van der Waals surface area (Å²) in [7, 11) is 0. The zero-order chi connectivity index (χ0) is 36.9. The third-order valence-corrected chi connectivity index (χ3v) is 8.95. The Kier molecular flexibility index (Phi) is 34.2. The predicted molar refractivity (Wildman–Crippen MR) is 204 cm³/mol. The van der Waals surface area contributed by atoms with Crippen LogP contribution in [0.5, 0.6) is 0 Å². The summed E-state index contributed by atoms with van der Waals surface area (Å²) in [5.41, 5.74) is 0. The van der Waals surface area contributed by atoms with E-state index in [2.05, 4.69) is 48.8 Å². The number of hydrogen-bond donors (Lipinski definition) is 4. The molecule has 290 valence electrons. The SMILES string of the molecule is CCCCC/C=C\C/C=C\CCCCCCCCCC(=O)OC(CCCCCCCC)CCCCCCC(=O)NCC(=O)NC(CO)C(=O)O. The summed E-state index contributed by atoms with van der Waals surface area (Å²) in [4.78, 5) is 47.4. The van der Waals surface area contributed by atoms with Gasteiger partial charge >= 0.3 is 11.9 Å². The fraction of sp³-hybridized carbons (Fsp3) is 0.805. The number of carbonyl (C=O) groups excluding carboxylic acids is 3. The van der Waals surface area contributed by atoms with Gasteiger partial charge in [0.25, 0.3) is 0 Å². The standard InChI is InChI=1S/C41H74N2O7/c1-3-5-7-9-11-12-13-14-15-16-17-18-19-20-21-23-29-33-40(47)50-36(30-26-22-10-8-6-4-2)31-27-24-25-28-32-38(45)42-34-39(46)43-37(35-44)41(48)49/h11-12,14-15,36-37,44H,3-10,13,16-35H2,1-2H3,(H,42,45)(H,43,46)(H,48,49)/b12-11-,15-14-. The molecule has 0 rings (SSSR count). The second-order valence-corrected chi connectivity index (χ2v) is 13.7. The van der Waals surface area contributed by atoms with E-state index in [4.69, 9.17) is 14.9 Å². The molecule has 0 aliphatic heterocycles. The van der Waals surface area contributed by atoms with Gasteiger partial charge in [0.2, 0.25) is 11.8 Å². The van der Waals surface area contributed by atoms with E-state index in [9.17, 15) is 19.2 Å². The van der Waals surface area contributed by atoms with E-state index >= 15 is 0 Å². The molecule has 0 spiro atoms. The number of allylic oxidation sites excluding steroid dienone is 4. The van der Waals surface area contributed by atoms with Crippen molar-refractivity contribution in [1.29, 1.82) is 0 Å². The zero-order valence-corrected chi connectivity index (χ0v) is 31.9. The lowest BCUT2D eigenvalue weighted by Crippen LogP contribution is -2.47. The number of amides is 2. The lowest BCUT2D eigenvalue weighted by Gasteiger charge is -2.18. The molecule has 0 bridgehead atoms. The molecular formula is C41H74N2O7. The molecule has 0 fully saturated rings. The van der Waals surface area contributed by atoms with Crippen LogP contribution in [-0.4, -0.2) is 59.3 Å². The van der Waals surface area contributed by atoms with E-state index in [0.29, 0.717) is 12.8 Å². The molecule has 0 aliphatic rings. The van der Waals surface area contributed by atoms with Gasteiger partial charge in [0, 0.05) is 12.8 Å². The number of aliphatic hydroxyl groups is 1. The predicted octanol–water partition coefficient (Wildman–Crippen LogP) is 9.26. The maximum Gasteiger partial charge on any atom is 0.328 e. The smallest absolute Gasteiger partial charge is 0.328 e. The minimum atomic E-state index is -1.38. The van der Waals surface area contributed by atoms with Gasteiger partial charge in [-0.2, -0.15) is 0 Å². The Morgan fingerprint density at radius 2 is 1.08 bits per heavy atom. The number of hydrogen-bond acceptors (Lipinski definition) is 6. The maximum absolute atomic E-state index is 12.7. The minimum Gasteiger partial charge on any atom is -0.480 e. The highest BCUT2D eigenvalue weighted by Gasteiger charge is 2.19. The van der Waals surface area contributed by atoms with Crippen LogP contribution in [0.4, 0.5) is 0 Å². The Morgan fingerprint density at radius 1 is 0.600 bits per heavy atom. The fourth-order valence-corrected chi connectivity index (χ4v) is 5.80. The highest BCUT2D eigenvalue weighted by atomic mass is 16.5. The highest BCUT2D eigenvalue weighted by molar-refractivity contribution is 5.87. The molecule has 0 aromatic rings. The summed E-state index contributed by atoms with van der Waals surface area (Å²) in [5, 5.41) is 22.5. The summed E-state index contributed by atoms with van der Waals surface area (Å²) < 4.78 is 5.95. The molecule has 0 aromatic carbocycles. The number of unbranched alkanes of at least 4 members (excludes halogenated alkanes) is 18. The van der Waals surface area contributed by atoms with Crippen molar-refractivity contribution in [2.45, 2.75) is 199 Å². The van der Waals surface area contributed by atoms with Crippen LogP contribution >= 0.6 is 0 Å². The lowest BCUT2D eigenvalue weighted by molar-refractivity contribution is -0.150. The van der Waals surface area contributed by atoms with Gasteiger partial charge in [0.1, 0.15) is 12.1 Å². The first-order valence-electron chi connectivity index (χ1n) is 20.2. The van der Waals surface area contributed by atoms with Gasteiger partial charge in [0.15, 0.2) is 0 Å². The molecule has 4 N–H and O–H groups in total. The van der Waals surface area contributed by atoms with Gasteiger partial charge < -0.3 is 25.6 Å². The van der Waals surface area contributed by atoms with Gasteiger partial charge in [-0.15, -0.1) is 0 Å². The van der Waals surface area contributed by atoms with Crippen molar-refractivity contribution >= 4 is 23.8 Å². The number of carboxylic acid groups (broad SMARTS) is 1. The Hall–Kier alpha value is -2.68. The van der Waals surface area contributed by atoms with Gasteiger partial charge in [0.05, 0.1) is 13.2 Å². The molecule has 50 heavy (non-hydrogen) atoms. The van der Waals surface area contributed by atoms with E-state index in [-0.39, 0.29) is 30.9 Å². The van der Waals surface area contributed by atoms with Gasteiger partial charge in [-0.25, -0.2) is 4.79 Å². The molecule has 0 radical (unpaired) electrons. The highest BCUT2D eigenvalue weighted by Crippen LogP contribution is 2.18. The van der Waals surface area contributed by atoms with E-state index in [1.54, 1.807) is 0 Å². The van der Waals surface area contributed by atoms with E-state index in [1.807, 2.05) is 0 Å². The number of esters is 1. The second-order valence-electron chi connectivity index (χ2n) is 13.7. The molecular weight excluding hydrogens is 632 g/mol. The number of nitrogens with one attached hydrogen (secondary N) is 2. The van der Waals surface area contributed by atoms with Gasteiger partial charge in [-0.1, -0.05) is 128 Å². The molecule has 2 amide bonds. The Bertz CT molecular complexity index is 905. The largest absolute Gasteiger partial charge is 0.480 e. The van der Waals surface area contributed by atoms with Crippen LogP contribution in [-0.2, 0) is 23.9 Å². The van der Waals surface area contributed by atoms with Crippen molar-refractivity contribution in [2.24, 2.45) is 0 Å². The van der Waals surface area contributed by atoms with Crippen LogP contribution in [0.25, 0.3) is 0 Å². The van der Waals surface area contributed by atoms with Crippen LogP contribution in [0.2, 0.25) is 0 Å². The number of aliphatic hydroxyl groups excluding tert-OH is 1. The van der Waals surface area contributed by atoms with Gasteiger partial charge in [-0.3, -0.25) is 14.4 Å². The first-order valence-corrected chi connectivity index (χ1v) is 20.2. The monoisotopic (exact) mass is 707 g/mol. The average Bonchev–Trinajstić information content (AvgIpc) is 3.10. The molecule has 2 atom stereocenters. The van der Waals surface area contributed by atoms with Crippen LogP contribution < -0.4 is 10.6 Å². The van der Waals surface area contributed by atoms with Crippen molar-refractivity contribution in [2.75, 3.05) is 13.2 Å². The third kappa shape index (κ3) is 32.5. The maximum atomic E-state index is 12.7. The number of carbonyl (C=O) groups is 4. The van der Waals surface area contributed by atoms with Crippen molar-refractivity contribution in [1.82, 2.24) is 10.6 Å². The van der Waals surface area contributed by atoms with E-state index in [0.717, 1.165) is 57.8 Å². The van der Waals surface area contributed by atoms with E-state index < -0.39 is 24.5 Å². The quantitative estimate of drug-likeness (QED) is 0.0289. The van der Waals surface area contributed by atoms with Crippen LogP contribution in [0.15, 0.2) is 24.3 Å². The number of carboxylic acids is 1. The summed E-state index contributed by atoms with van der Waals surface area (Å²) >= 11 is 0. The Balaban J connectivity index is 4.13. The summed E-state index contributed by atoms with van der Waals surface area (Å²) in [5.74, 6) is -2.34.